The van der Waals surface area contributed by atoms with Gasteiger partial charge in [-0.05, 0) is 31.6 Å². The molecule has 18 heavy (non-hydrogen) atoms. The number of amides is 1. The molecule has 2 atom stereocenters. The molecular formula is C14H28N2O2. The van der Waals surface area contributed by atoms with Gasteiger partial charge in [0.15, 0.2) is 0 Å². The SMILES string of the molecule is CCCOC1CCCN(C(=O)C(N)CC(C)C)C1. The lowest BCUT2D eigenvalue weighted by molar-refractivity contribution is -0.137. The van der Waals surface area contributed by atoms with Crippen molar-refractivity contribution in [2.45, 2.75) is 58.6 Å². The molecule has 1 aliphatic heterocycles. The highest BCUT2D eigenvalue weighted by Crippen LogP contribution is 2.15. The third-order valence-corrected chi connectivity index (χ3v) is 3.29. The molecule has 1 amide bonds. The van der Waals surface area contributed by atoms with E-state index in [9.17, 15) is 4.79 Å². The predicted octanol–water partition coefficient (Wildman–Crippen LogP) is 1.78. The van der Waals surface area contributed by atoms with Gasteiger partial charge in [-0.2, -0.15) is 0 Å². The van der Waals surface area contributed by atoms with Crippen molar-refractivity contribution >= 4 is 5.91 Å². The normalized spacial score (nSPS) is 22.3. The van der Waals surface area contributed by atoms with E-state index in [-0.39, 0.29) is 18.1 Å². The number of nitrogens with zero attached hydrogens (tertiary/aromatic N) is 1. The van der Waals surface area contributed by atoms with Crippen LogP contribution in [-0.2, 0) is 9.53 Å². The summed E-state index contributed by atoms with van der Waals surface area (Å²) in [5.41, 5.74) is 5.96. The second-order valence-electron chi connectivity index (χ2n) is 5.66. The average molecular weight is 256 g/mol. The topological polar surface area (TPSA) is 55.6 Å². The molecule has 0 aliphatic carbocycles. The van der Waals surface area contributed by atoms with Crippen LogP contribution in [0.2, 0.25) is 0 Å². The van der Waals surface area contributed by atoms with Crippen LogP contribution in [0.25, 0.3) is 0 Å². The molecule has 1 aliphatic rings. The lowest BCUT2D eigenvalue weighted by Gasteiger charge is -2.34. The zero-order chi connectivity index (χ0) is 13.5. The quantitative estimate of drug-likeness (QED) is 0.788. The zero-order valence-electron chi connectivity index (χ0n) is 12.0. The fraction of sp³-hybridized carbons (Fsp3) is 0.929. The van der Waals surface area contributed by atoms with E-state index in [2.05, 4.69) is 20.8 Å². The lowest BCUT2D eigenvalue weighted by Crippen LogP contribution is -2.50. The van der Waals surface area contributed by atoms with Gasteiger partial charge in [0.05, 0.1) is 12.1 Å². The largest absolute Gasteiger partial charge is 0.376 e. The summed E-state index contributed by atoms with van der Waals surface area (Å²) in [6.45, 7) is 8.61. The van der Waals surface area contributed by atoms with Crippen LogP contribution in [0.4, 0.5) is 0 Å². The van der Waals surface area contributed by atoms with Crippen LogP contribution in [0, 0.1) is 5.92 Å². The van der Waals surface area contributed by atoms with Gasteiger partial charge in [-0.25, -0.2) is 0 Å². The van der Waals surface area contributed by atoms with Gasteiger partial charge in [-0.1, -0.05) is 20.8 Å². The van der Waals surface area contributed by atoms with Crippen LogP contribution >= 0.6 is 0 Å². The third-order valence-electron chi connectivity index (χ3n) is 3.29. The third kappa shape index (κ3) is 4.94. The van der Waals surface area contributed by atoms with Gasteiger partial charge in [0.25, 0.3) is 0 Å². The summed E-state index contributed by atoms with van der Waals surface area (Å²) in [5, 5.41) is 0. The first-order chi connectivity index (χ1) is 8.54. The number of hydrogen-bond acceptors (Lipinski definition) is 3. The maximum absolute atomic E-state index is 12.2. The van der Waals surface area contributed by atoms with E-state index in [1.54, 1.807) is 0 Å². The fourth-order valence-electron chi connectivity index (χ4n) is 2.40. The summed E-state index contributed by atoms with van der Waals surface area (Å²) in [4.78, 5) is 14.1. The number of carbonyl (C=O) groups excluding carboxylic acids is 1. The summed E-state index contributed by atoms with van der Waals surface area (Å²) < 4.78 is 5.74. The maximum atomic E-state index is 12.2. The second-order valence-corrected chi connectivity index (χ2v) is 5.66. The van der Waals surface area contributed by atoms with Crippen LogP contribution in [0.3, 0.4) is 0 Å². The number of nitrogens with two attached hydrogens (primary N) is 1. The standard InChI is InChI=1S/C14H28N2O2/c1-4-8-18-12-6-5-7-16(10-12)14(17)13(15)9-11(2)3/h11-13H,4-10,15H2,1-3H3. The molecule has 0 aromatic rings. The van der Waals surface area contributed by atoms with Gasteiger partial charge in [0, 0.05) is 19.7 Å². The van der Waals surface area contributed by atoms with Crippen molar-refractivity contribution in [3.05, 3.63) is 0 Å². The molecule has 0 spiro atoms. The minimum atomic E-state index is -0.352. The minimum Gasteiger partial charge on any atom is -0.376 e. The molecule has 0 bridgehead atoms. The highest BCUT2D eigenvalue weighted by molar-refractivity contribution is 5.81. The number of likely N-dealkylation sites (tertiary alicyclic amines) is 1. The predicted molar refractivity (Wildman–Crippen MR) is 73.3 cm³/mol. The maximum Gasteiger partial charge on any atom is 0.239 e. The van der Waals surface area contributed by atoms with Crippen molar-refractivity contribution < 1.29 is 9.53 Å². The van der Waals surface area contributed by atoms with Crippen LogP contribution in [-0.4, -0.2) is 42.6 Å². The Morgan fingerprint density at radius 3 is 2.83 bits per heavy atom. The molecule has 0 saturated carbocycles. The first-order valence-electron chi connectivity index (χ1n) is 7.20. The summed E-state index contributed by atoms with van der Waals surface area (Å²) >= 11 is 0. The van der Waals surface area contributed by atoms with Crippen molar-refractivity contribution in [3.63, 3.8) is 0 Å². The second kappa shape index (κ2) is 7.74. The summed E-state index contributed by atoms with van der Waals surface area (Å²) in [5.74, 6) is 0.550. The van der Waals surface area contributed by atoms with Crippen molar-refractivity contribution in [3.8, 4) is 0 Å². The van der Waals surface area contributed by atoms with Crippen molar-refractivity contribution in [1.29, 1.82) is 0 Å². The van der Waals surface area contributed by atoms with Crippen molar-refractivity contribution in [2.75, 3.05) is 19.7 Å². The number of rotatable bonds is 6. The molecule has 1 heterocycles. The molecule has 4 heteroatoms. The van der Waals surface area contributed by atoms with Crippen LogP contribution in [0.15, 0.2) is 0 Å². The Morgan fingerprint density at radius 1 is 1.50 bits per heavy atom. The molecule has 1 saturated heterocycles. The van der Waals surface area contributed by atoms with Crippen LogP contribution < -0.4 is 5.73 Å². The summed E-state index contributed by atoms with van der Waals surface area (Å²) in [6.07, 6.45) is 4.07. The lowest BCUT2D eigenvalue weighted by atomic mass is 10.0. The van der Waals surface area contributed by atoms with Crippen molar-refractivity contribution in [2.24, 2.45) is 11.7 Å². The van der Waals surface area contributed by atoms with Gasteiger partial charge in [-0.15, -0.1) is 0 Å². The molecular weight excluding hydrogens is 228 g/mol. The number of ether oxygens (including phenoxy) is 1. The molecule has 4 nitrogen and oxygen atoms in total. The number of piperidine rings is 1. The van der Waals surface area contributed by atoms with Gasteiger partial charge in [0.1, 0.15) is 0 Å². The first-order valence-corrected chi connectivity index (χ1v) is 7.20. The Morgan fingerprint density at radius 2 is 2.22 bits per heavy atom. The molecule has 0 aromatic heterocycles. The fourth-order valence-corrected chi connectivity index (χ4v) is 2.40. The van der Waals surface area contributed by atoms with Gasteiger partial charge in [-0.3, -0.25) is 4.79 Å². The Hall–Kier alpha value is -0.610. The Bertz CT molecular complexity index is 256. The molecule has 2 unspecified atom stereocenters. The molecule has 106 valence electrons. The minimum absolute atomic E-state index is 0.0912. The zero-order valence-corrected chi connectivity index (χ0v) is 12.0. The van der Waals surface area contributed by atoms with Crippen molar-refractivity contribution in [1.82, 2.24) is 4.90 Å². The monoisotopic (exact) mass is 256 g/mol. The Labute approximate surface area is 111 Å². The highest BCUT2D eigenvalue weighted by atomic mass is 16.5. The smallest absolute Gasteiger partial charge is 0.239 e. The van der Waals surface area contributed by atoms with Crippen LogP contribution in [0.1, 0.15) is 46.5 Å². The van der Waals surface area contributed by atoms with E-state index in [0.717, 1.165) is 38.8 Å². The van der Waals surface area contributed by atoms with Crippen LogP contribution in [0.5, 0.6) is 0 Å². The van der Waals surface area contributed by atoms with E-state index in [1.807, 2.05) is 4.90 Å². The molecule has 1 rings (SSSR count). The molecule has 0 radical (unpaired) electrons. The van der Waals surface area contributed by atoms with Gasteiger partial charge in [0.2, 0.25) is 5.91 Å². The number of carbonyl (C=O) groups is 1. The first kappa shape index (κ1) is 15.4. The Kier molecular flexibility index (Phi) is 6.65. The molecule has 1 fully saturated rings. The molecule has 0 aromatic carbocycles. The van der Waals surface area contributed by atoms with Gasteiger partial charge >= 0.3 is 0 Å². The number of hydrogen-bond donors (Lipinski definition) is 1. The average Bonchev–Trinajstić information content (AvgIpc) is 2.35. The summed E-state index contributed by atoms with van der Waals surface area (Å²) in [6, 6.07) is -0.352. The Balaban J connectivity index is 2.42. The van der Waals surface area contributed by atoms with E-state index < -0.39 is 0 Å². The van der Waals surface area contributed by atoms with E-state index in [4.69, 9.17) is 10.5 Å². The molecule has 2 N–H and O–H groups in total. The highest BCUT2D eigenvalue weighted by Gasteiger charge is 2.27. The van der Waals surface area contributed by atoms with E-state index in [1.165, 1.54) is 0 Å². The van der Waals surface area contributed by atoms with E-state index >= 15 is 0 Å². The summed E-state index contributed by atoms with van der Waals surface area (Å²) in [7, 11) is 0. The van der Waals surface area contributed by atoms with E-state index in [0.29, 0.717) is 12.5 Å². The van der Waals surface area contributed by atoms with Gasteiger partial charge < -0.3 is 15.4 Å².